The highest BCUT2D eigenvalue weighted by Gasteiger charge is 2.56. The van der Waals surface area contributed by atoms with Crippen LogP contribution in [-0.2, 0) is 9.47 Å². The van der Waals surface area contributed by atoms with Crippen LogP contribution in [0.15, 0.2) is 0 Å². The predicted octanol–water partition coefficient (Wildman–Crippen LogP) is 3.89. The second kappa shape index (κ2) is 6.03. The third-order valence-corrected chi connectivity index (χ3v) is 6.53. The quantitative estimate of drug-likeness (QED) is 0.860. The lowest BCUT2D eigenvalue weighted by Gasteiger charge is -2.58. The summed E-state index contributed by atoms with van der Waals surface area (Å²) in [7, 11) is 0. The van der Waals surface area contributed by atoms with Crippen LogP contribution in [0.1, 0.15) is 65.7 Å². The second-order valence-electron chi connectivity index (χ2n) is 8.24. The minimum Gasteiger partial charge on any atom is -0.449 e. The van der Waals surface area contributed by atoms with Gasteiger partial charge in [-0.2, -0.15) is 0 Å². The summed E-state index contributed by atoms with van der Waals surface area (Å²) >= 11 is 0. The second-order valence-corrected chi connectivity index (χ2v) is 8.24. The van der Waals surface area contributed by atoms with Crippen LogP contribution in [-0.4, -0.2) is 30.9 Å². The number of ether oxygens (including phenoxy) is 2. The molecule has 126 valence electrons. The Kier molecular flexibility index (Phi) is 4.41. The van der Waals surface area contributed by atoms with E-state index < -0.39 is 0 Å². The zero-order chi connectivity index (χ0) is 15.8. The van der Waals surface area contributed by atoms with E-state index in [1.807, 2.05) is 0 Å². The van der Waals surface area contributed by atoms with Crippen molar-refractivity contribution in [3.63, 3.8) is 0 Å². The molecule has 4 rings (SSSR count). The molecule has 2 aliphatic carbocycles. The molecule has 2 bridgehead atoms. The Morgan fingerprint density at radius 3 is 2.41 bits per heavy atom. The SMILES string of the molecule is C[C@H]1CC2(C)C[C@H](C)C1(COC(=O)NC1CCCCC1)CO2. The maximum absolute atomic E-state index is 12.1. The predicted molar refractivity (Wildman–Crippen MR) is 85.7 cm³/mol. The van der Waals surface area contributed by atoms with E-state index in [2.05, 4.69) is 26.1 Å². The van der Waals surface area contributed by atoms with Gasteiger partial charge in [0, 0.05) is 11.5 Å². The third kappa shape index (κ3) is 2.99. The number of nitrogens with one attached hydrogen (secondary N) is 1. The van der Waals surface area contributed by atoms with Crippen LogP contribution in [0.5, 0.6) is 0 Å². The van der Waals surface area contributed by atoms with Gasteiger partial charge >= 0.3 is 6.09 Å². The first-order valence-corrected chi connectivity index (χ1v) is 9.01. The van der Waals surface area contributed by atoms with E-state index in [9.17, 15) is 4.79 Å². The number of alkyl carbamates (subject to hydrolysis) is 1. The van der Waals surface area contributed by atoms with Crippen molar-refractivity contribution in [2.24, 2.45) is 17.3 Å². The van der Waals surface area contributed by atoms with E-state index in [0.717, 1.165) is 32.3 Å². The fourth-order valence-corrected chi connectivity index (χ4v) is 4.96. The Morgan fingerprint density at radius 2 is 1.82 bits per heavy atom. The number of hydrogen-bond donors (Lipinski definition) is 1. The lowest BCUT2D eigenvalue weighted by molar-refractivity contribution is -0.236. The Hall–Kier alpha value is -0.770. The van der Waals surface area contributed by atoms with E-state index in [1.165, 1.54) is 19.3 Å². The molecule has 0 radical (unpaired) electrons. The number of rotatable bonds is 3. The molecule has 2 aliphatic heterocycles. The molecule has 2 heterocycles. The Morgan fingerprint density at radius 1 is 1.18 bits per heavy atom. The fraction of sp³-hybridized carbons (Fsp3) is 0.944. The highest BCUT2D eigenvalue weighted by atomic mass is 16.6. The molecule has 2 atom stereocenters. The number of carbonyl (C=O) groups excluding carboxylic acids is 1. The fourth-order valence-electron chi connectivity index (χ4n) is 4.96. The standard InChI is InChI=1S/C18H31NO3/c1-13-9-17(3)10-14(2)18(13,12-22-17)11-21-16(20)19-15-7-5-4-6-8-15/h13-15H,4-12H2,1-3H3,(H,19,20)/t13-,14-,17?,18?/m0/s1. The van der Waals surface area contributed by atoms with Crippen molar-refractivity contribution in [1.82, 2.24) is 5.32 Å². The lowest BCUT2D eigenvalue weighted by atomic mass is 9.56. The monoisotopic (exact) mass is 309 g/mol. The van der Waals surface area contributed by atoms with Crippen LogP contribution in [0.3, 0.4) is 0 Å². The van der Waals surface area contributed by atoms with Crippen molar-refractivity contribution in [3.8, 4) is 0 Å². The third-order valence-electron chi connectivity index (χ3n) is 6.53. The Bertz CT molecular complexity index is 405. The van der Waals surface area contributed by atoms with Gasteiger partial charge in [0.1, 0.15) is 6.61 Å². The molecule has 22 heavy (non-hydrogen) atoms. The molecule has 1 amide bonds. The molecule has 4 heteroatoms. The molecule has 0 spiro atoms. The van der Waals surface area contributed by atoms with Gasteiger partial charge in [0.15, 0.2) is 0 Å². The first-order valence-electron chi connectivity index (χ1n) is 9.01. The number of carbonyl (C=O) groups is 1. The van der Waals surface area contributed by atoms with Crippen LogP contribution in [0, 0.1) is 17.3 Å². The van der Waals surface area contributed by atoms with Gasteiger partial charge in [-0.25, -0.2) is 4.79 Å². The van der Waals surface area contributed by atoms with Gasteiger partial charge in [-0.3, -0.25) is 0 Å². The zero-order valence-electron chi connectivity index (χ0n) is 14.3. The van der Waals surface area contributed by atoms with Crippen LogP contribution in [0.25, 0.3) is 0 Å². The van der Waals surface area contributed by atoms with Crippen molar-refractivity contribution in [2.45, 2.75) is 77.4 Å². The van der Waals surface area contributed by atoms with Crippen LogP contribution in [0.2, 0.25) is 0 Å². The van der Waals surface area contributed by atoms with Crippen molar-refractivity contribution in [3.05, 3.63) is 0 Å². The van der Waals surface area contributed by atoms with Gasteiger partial charge in [0.05, 0.1) is 12.2 Å². The molecule has 2 saturated heterocycles. The first-order chi connectivity index (χ1) is 10.4. The molecule has 4 nitrogen and oxygen atoms in total. The maximum Gasteiger partial charge on any atom is 0.407 e. The van der Waals surface area contributed by atoms with E-state index in [4.69, 9.17) is 9.47 Å². The van der Waals surface area contributed by atoms with Crippen LogP contribution < -0.4 is 5.32 Å². The summed E-state index contributed by atoms with van der Waals surface area (Å²) in [5.74, 6) is 1.08. The summed E-state index contributed by atoms with van der Waals surface area (Å²) in [4.78, 5) is 12.1. The molecule has 2 saturated carbocycles. The van der Waals surface area contributed by atoms with Crippen molar-refractivity contribution >= 4 is 6.09 Å². The average Bonchev–Trinajstić information content (AvgIpc) is 2.47. The average molecular weight is 309 g/mol. The van der Waals surface area contributed by atoms with Crippen molar-refractivity contribution in [2.75, 3.05) is 13.2 Å². The Labute approximate surface area is 134 Å². The summed E-state index contributed by atoms with van der Waals surface area (Å²) in [5, 5.41) is 3.05. The number of amides is 1. The molecule has 4 aliphatic rings. The normalized spacial score (nSPS) is 42.1. The molecular formula is C18H31NO3. The summed E-state index contributed by atoms with van der Waals surface area (Å²) < 4.78 is 11.7. The molecule has 0 aromatic carbocycles. The Balaban J connectivity index is 1.54. The summed E-state index contributed by atoms with van der Waals surface area (Å²) in [5.41, 5.74) is 0.0343. The van der Waals surface area contributed by atoms with E-state index in [0.29, 0.717) is 24.5 Å². The van der Waals surface area contributed by atoms with Gasteiger partial charge in [-0.15, -0.1) is 0 Å². The first kappa shape index (κ1) is 16.1. The molecule has 0 aromatic rings. The summed E-state index contributed by atoms with van der Waals surface area (Å²) in [6.07, 6.45) is 7.82. The highest BCUT2D eigenvalue weighted by molar-refractivity contribution is 5.67. The number of hydrogen-bond acceptors (Lipinski definition) is 3. The number of fused-ring (bicyclic) bond motifs is 3. The minimum atomic E-state index is -0.236. The smallest absolute Gasteiger partial charge is 0.407 e. The van der Waals surface area contributed by atoms with Crippen LogP contribution >= 0.6 is 0 Å². The van der Waals surface area contributed by atoms with Gasteiger partial charge in [-0.05, 0) is 44.4 Å². The summed E-state index contributed by atoms with van der Waals surface area (Å²) in [6.45, 7) is 8.02. The van der Waals surface area contributed by atoms with Gasteiger partial charge in [0.2, 0.25) is 0 Å². The molecule has 0 unspecified atom stereocenters. The van der Waals surface area contributed by atoms with Crippen molar-refractivity contribution < 1.29 is 14.3 Å². The molecular weight excluding hydrogens is 278 g/mol. The van der Waals surface area contributed by atoms with E-state index >= 15 is 0 Å². The summed E-state index contributed by atoms with van der Waals surface area (Å²) in [6, 6.07) is 0.311. The van der Waals surface area contributed by atoms with Gasteiger partial charge in [0.25, 0.3) is 0 Å². The van der Waals surface area contributed by atoms with Crippen molar-refractivity contribution in [1.29, 1.82) is 0 Å². The zero-order valence-corrected chi connectivity index (χ0v) is 14.3. The topological polar surface area (TPSA) is 47.6 Å². The van der Waals surface area contributed by atoms with E-state index in [1.54, 1.807) is 0 Å². The van der Waals surface area contributed by atoms with E-state index in [-0.39, 0.29) is 17.1 Å². The van der Waals surface area contributed by atoms with Gasteiger partial charge in [-0.1, -0.05) is 33.1 Å². The largest absolute Gasteiger partial charge is 0.449 e. The minimum absolute atomic E-state index is 0.00165. The molecule has 0 aromatic heterocycles. The van der Waals surface area contributed by atoms with Crippen LogP contribution in [0.4, 0.5) is 4.79 Å². The highest BCUT2D eigenvalue weighted by Crippen LogP contribution is 2.55. The maximum atomic E-state index is 12.1. The molecule has 4 fully saturated rings. The van der Waals surface area contributed by atoms with Gasteiger partial charge < -0.3 is 14.8 Å². The lowest BCUT2D eigenvalue weighted by Crippen LogP contribution is -2.60. The molecule has 1 N–H and O–H groups in total.